The summed E-state index contributed by atoms with van der Waals surface area (Å²) in [5.74, 6) is -0.708. The monoisotopic (exact) mass is 316 g/mol. The Morgan fingerprint density at radius 2 is 2.19 bits per heavy atom. The highest BCUT2D eigenvalue weighted by atomic mass is 32.2. The molecule has 0 spiro atoms. The van der Waals surface area contributed by atoms with E-state index < -0.39 is 26.4 Å². The highest BCUT2D eigenvalue weighted by Crippen LogP contribution is 2.29. The third-order valence-corrected chi connectivity index (χ3v) is 4.48. The number of nitro groups is 1. The lowest BCUT2D eigenvalue weighted by atomic mass is 10.1. The lowest BCUT2D eigenvalue weighted by Crippen LogP contribution is -2.30. The minimum Gasteiger partial charge on any atom is -0.502 e. The molecule has 1 fully saturated rings. The van der Waals surface area contributed by atoms with Gasteiger partial charge in [-0.15, -0.1) is 0 Å². The molecule has 0 bridgehead atoms. The first-order chi connectivity index (χ1) is 9.87. The number of nitrogens with zero attached hydrogens (tertiary/aromatic N) is 1. The molecule has 2 N–H and O–H groups in total. The molecule has 0 aromatic heterocycles. The summed E-state index contributed by atoms with van der Waals surface area (Å²) < 4.78 is 31.7. The Morgan fingerprint density at radius 1 is 1.43 bits per heavy atom. The largest absolute Gasteiger partial charge is 0.502 e. The average molecular weight is 316 g/mol. The Balaban J connectivity index is 2.09. The average Bonchev–Trinajstić information content (AvgIpc) is 2.41. The van der Waals surface area contributed by atoms with E-state index in [1.807, 2.05) is 0 Å². The Kier molecular flexibility index (Phi) is 4.63. The first kappa shape index (κ1) is 15.5. The van der Waals surface area contributed by atoms with Gasteiger partial charge < -0.3 is 9.84 Å². The first-order valence-electron chi connectivity index (χ1n) is 6.47. The summed E-state index contributed by atoms with van der Waals surface area (Å²) in [6.45, 7) is 0.546. The number of hydrogen-bond donors (Lipinski definition) is 2. The summed E-state index contributed by atoms with van der Waals surface area (Å²) in [6.07, 6.45) is 2.17. The fraction of sp³-hybridized carbons (Fsp3) is 0.500. The molecule has 116 valence electrons. The molecule has 1 aliphatic heterocycles. The summed E-state index contributed by atoms with van der Waals surface area (Å²) in [7, 11) is -3.67. The van der Waals surface area contributed by atoms with Crippen LogP contribution in [-0.4, -0.2) is 36.9 Å². The van der Waals surface area contributed by atoms with Gasteiger partial charge >= 0.3 is 5.69 Å². The predicted molar refractivity (Wildman–Crippen MR) is 75.8 cm³/mol. The number of rotatable bonds is 5. The second kappa shape index (κ2) is 6.27. The molecule has 0 saturated carbocycles. The van der Waals surface area contributed by atoms with Crippen LogP contribution in [0, 0.1) is 10.1 Å². The smallest absolute Gasteiger partial charge is 0.312 e. The molecule has 21 heavy (non-hydrogen) atoms. The van der Waals surface area contributed by atoms with Gasteiger partial charge in [0.05, 0.1) is 22.5 Å². The van der Waals surface area contributed by atoms with Gasteiger partial charge in [0.2, 0.25) is 10.0 Å². The van der Waals surface area contributed by atoms with E-state index in [9.17, 15) is 23.6 Å². The van der Waals surface area contributed by atoms with E-state index in [0.29, 0.717) is 13.0 Å². The van der Waals surface area contributed by atoms with Gasteiger partial charge in [-0.05, 0) is 31.4 Å². The standard InChI is InChI=1S/C12H16N2O6S/c15-12-5-4-9(7-11(12)14(16)17)13-21(18,19)8-10-3-1-2-6-20-10/h4-5,7,10,13,15H,1-3,6,8H2. The Bertz CT molecular complexity index is 625. The Morgan fingerprint density at radius 3 is 2.81 bits per heavy atom. The van der Waals surface area contributed by atoms with E-state index in [-0.39, 0.29) is 17.5 Å². The van der Waals surface area contributed by atoms with Crippen LogP contribution in [0.3, 0.4) is 0 Å². The fourth-order valence-corrected chi connectivity index (χ4v) is 3.46. The van der Waals surface area contributed by atoms with Crippen LogP contribution in [0.25, 0.3) is 0 Å². The highest BCUT2D eigenvalue weighted by Gasteiger charge is 2.23. The van der Waals surface area contributed by atoms with E-state index in [2.05, 4.69) is 4.72 Å². The van der Waals surface area contributed by atoms with Gasteiger partial charge in [-0.25, -0.2) is 8.42 Å². The number of anilines is 1. The van der Waals surface area contributed by atoms with Crippen LogP contribution in [0.1, 0.15) is 19.3 Å². The lowest BCUT2D eigenvalue weighted by Gasteiger charge is -2.22. The minimum atomic E-state index is -3.67. The second-order valence-electron chi connectivity index (χ2n) is 4.83. The molecule has 1 aromatic carbocycles. The lowest BCUT2D eigenvalue weighted by molar-refractivity contribution is -0.385. The van der Waals surface area contributed by atoms with Crippen molar-refractivity contribution < 1.29 is 23.2 Å². The van der Waals surface area contributed by atoms with Gasteiger partial charge in [-0.1, -0.05) is 0 Å². The summed E-state index contributed by atoms with van der Waals surface area (Å²) in [4.78, 5) is 9.92. The third-order valence-electron chi connectivity index (χ3n) is 3.12. The van der Waals surface area contributed by atoms with E-state index in [1.54, 1.807) is 0 Å². The molecule has 8 nitrogen and oxygen atoms in total. The third kappa shape index (κ3) is 4.30. The van der Waals surface area contributed by atoms with Crippen LogP contribution in [0.2, 0.25) is 0 Å². The van der Waals surface area contributed by atoms with Crippen LogP contribution in [-0.2, 0) is 14.8 Å². The summed E-state index contributed by atoms with van der Waals surface area (Å²) in [5, 5.41) is 20.0. The Hall–Kier alpha value is -1.87. The van der Waals surface area contributed by atoms with Crippen LogP contribution < -0.4 is 4.72 Å². The predicted octanol–water partition coefficient (Wildman–Crippen LogP) is 1.61. The van der Waals surface area contributed by atoms with Crippen molar-refractivity contribution in [3.63, 3.8) is 0 Å². The Labute approximate surface area is 121 Å². The van der Waals surface area contributed by atoms with Crippen molar-refractivity contribution in [3.8, 4) is 5.75 Å². The van der Waals surface area contributed by atoms with E-state index in [1.165, 1.54) is 6.07 Å². The number of sulfonamides is 1. The molecule has 1 unspecified atom stereocenters. The van der Waals surface area contributed by atoms with Gasteiger partial charge in [0.25, 0.3) is 0 Å². The zero-order chi connectivity index (χ0) is 15.5. The van der Waals surface area contributed by atoms with Crippen molar-refractivity contribution in [2.75, 3.05) is 17.1 Å². The molecular weight excluding hydrogens is 300 g/mol. The van der Waals surface area contributed by atoms with Crippen molar-refractivity contribution in [2.24, 2.45) is 0 Å². The second-order valence-corrected chi connectivity index (χ2v) is 6.60. The van der Waals surface area contributed by atoms with E-state index in [4.69, 9.17) is 4.74 Å². The van der Waals surface area contributed by atoms with Crippen LogP contribution in [0.15, 0.2) is 18.2 Å². The van der Waals surface area contributed by atoms with Gasteiger partial charge in [0.15, 0.2) is 5.75 Å². The molecule has 1 atom stereocenters. The normalized spacial score (nSPS) is 19.1. The van der Waals surface area contributed by atoms with Crippen LogP contribution >= 0.6 is 0 Å². The summed E-state index contributed by atoms with van der Waals surface area (Å²) >= 11 is 0. The zero-order valence-electron chi connectivity index (χ0n) is 11.2. The molecule has 0 radical (unpaired) electrons. The van der Waals surface area contributed by atoms with Gasteiger partial charge in [0, 0.05) is 12.7 Å². The molecule has 0 aliphatic carbocycles. The van der Waals surface area contributed by atoms with Gasteiger partial charge in [-0.3, -0.25) is 14.8 Å². The van der Waals surface area contributed by atoms with E-state index >= 15 is 0 Å². The number of phenolic OH excluding ortho intramolecular Hbond substituents is 1. The maximum absolute atomic E-state index is 12.0. The number of aromatic hydroxyl groups is 1. The minimum absolute atomic E-state index is 0.0373. The molecule has 1 saturated heterocycles. The quantitative estimate of drug-likeness (QED) is 0.484. The number of hydrogen-bond acceptors (Lipinski definition) is 6. The molecule has 1 heterocycles. The van der Waals surface area contributed by atoms with Crippen molar-refractivity contribution in [1.82, 2.24) is 0 Å². The topological polar surface area (TPSA) is 119 Å². The summed E-state index contributed by atoms with van der Waals surface area (Å²) in [6, 6.07) is 3.32. The molecule has 1 aliphatic rings. The molecule has 9 heteroatoms. The maximum atomic E-state index is 12.0. The van der Waals surface area contributed by atoms with Crippen molar-refractivity contribution in [2.45, 2.75) is 25.4 Å². The number of nitro benzene ring substituents is 1. The van der Waals surface area contributed by atoms with Gasteiger partial charge in [-0.2, -0.15) is 0 Å². The zero-order valence-corrected chi connectivity index (χ0v) is 12.0. The number of phenols is 1. The fourth-order valence-electron chi connectivity index (χ4n) is 2.14. The van der Waals surface area contributed by atoms with Crippen LogP contribution in [0.5, 0.6) is 5.75 Å². The summed E-state index contributed by atoms with van der Waals surface area (Å²) in [5.41, 5.74) is -0.514. The molecule has 2 rings (SSSR count). The maximum Gasteiger partial charge on any atom is 0.312 e. The molecular formula is C12H16N2O6S. The molecule has 1 aromatic rings. The van der Waals surface area contributed by atoms with Crippen LogP contribution in [0.4, 0.5) is 11.4 Å². The van der Waals surface area contributed by atoms with E-state index in [0.717, 1.165) is 25.0 Å². The van der Waals surface area contributed by atoms with Crippen molar-refractivity contribution >= 4 is 21.4 Å². The number of ether oxygens (including phenoxy) is 1. The SMILES string of the molecule is O=[N+]([O-])c1cc(NS(=O)(=O)CC2CCCCO2)ccc1O. The highest BCUT2D eigenvalue weighted by molar-refractivity contribution is 7.92. The molecule has 0 amide bonds. The van der Waals surface area contributed by atoms with Crippen molar-refractivity contribution in [1.29, 1.82) is 0 Å². The first-order valence-corrected chi connectivity index (χ1v) is 8.12. The number of nitrogens with one attached hydrogen (secondary N) is 1. The van der Waals surface area contributed by atoms with Gasteiger partial charge in [0.1, 0.15) is 0 Å². The van der Waals surface area contributed by atoms with Crippen molar-refractivity contribution in [3.05, 3.63) is 28.3 Å². The number of benzene rings is 1.